The van der Waals surface area contributed by atoms with E-state index in [0.717, 1.165) is 29.9 Å². The summed E-state index contributed by atoms with van der Waals surface area (Å²) in [5.74, 6) is 1.62. The van der Waals surface area contributed by atoms with Crippen LogP contribution in [0.4, 0.5) is 0 Å². The van der Waals surface area contributed by atoms with E-state index in [9.17, 15) is 5.26 Å². The standard InChI is InChI=1S/C25H31NO/c1-2-3-17-27-25-16-15-23(18-24(25)19-26)22-13-11-21(12-14-22)10-9-20-7-5-4-6-8-20/h11-16,18,20H,2-10,17H2,1H3. The number of unbranched alkanes of at least 4 members (excludes halogenated alkanes) is 1. The first-order valence-electron chi connectivity index (χ1n) is 10.6. The van der Waals surface area contributed by atoms with Crippen LogP contribution in [-0.4, -0.2) is 6.61 Å². The Bertz CT molecular complexity index is 751. The monoisotopic (exact) mass is 361 g/mol. The van der Waals surface area contributed by atoms with Crippen molar-refractivity contribution >= 4 is 0 Å². The van der Waals surface area contributed by atoms with Crippen LogP contribution in [0.5, 0.6) is 5.75 Å². The van der Waals surface area contributed by atoms with Crippen molar-refractivity contribution in [1.29, 1.82) is 5.26 Å². The van der Waals surface area contributed by atoms with Gasteiger partial charge in [-0.3, -0.25) is 0 Å². The van der Waals surface area contributed by atoms with Crippen LogP contribution >= 0.6 is 0 Å². The van der Waals surface area contributed by atoms with Crippen molar-refractivity contribution in [1.82, 2.24) is 0 Å². The molecule has 0 spiro atoms. The molecule has 0 saturated heterocycles. The lowest BCUT2D eigenvalue weighted by Crippen LogP contribution is -2.07. The van der Waals surface area contributed by atoms with E-state index in [1.807, 2.05) is 12.1 Å². The Morgan fingerprint density at radius 2 is 1.74 bits per heavy atom. The Morgan fingerprint density at radius 3 is 2.44 bits per heavy atom. The molecule has 0 amide bonds. The number of rotatable bonds is 8. The van der Waals surface area contributed by atoms with Crippen LogP contribution in [0.15, 0.2) is 42.5 Å². The van der Waals surface area contributed by atoms with Gasteiger partial charge in [-0.05, 0) is 54.0 Å². The first kappa shape index (κ1) is 19.5. The summed E-state index contributed by atoms with van der Waals surface area (Å²) in [6.45, 7) is 2.80. The molecule has 0 bridgehead atoms. The lowest BCUT2D eigenvalue weighted by molar-refractivity contribution is 0.308. The van der Waals surface area contributed by atoms with E-state index in [0.29, 0.717) is 17.9 Å². The number of hydrogen-bond donors (Lipinski definition) is 0. The molecule has 3 rings (SSSR count). The molecule has 2 aromatic rings. The number of hydrogen-bond acceptors (Lipinski definition) is 2. The maximum absolute atomic E-state index is 9.45. The van der Waals surface area contributed by atoms with Crippen LogP contribution in [0.3, 0.4) is 0 Å². The van der Waals surface area contributed by atoms with Gasteiger partial charge >= 0.3 is 0 Å². The second-order valence-electron chi connectivity index (χ2n) is 7.76. The Kier molecular flexibility index (Phi) is 7.34. The normalized spacial score (nSPS) is 14.7. The largest absolute Gasteiger partial charge is 0.492 e. The zero-order chi connectivity index (χ0) is 18.9. The Morgan fingerprint density at radius 1 is 1.00 bits per heavy atom. The average molecular weight is 362 g/mol. The van der Waals surface area contributed by atoms with E-state index in [1.165, 1.54) is 50.5 Å². The molecule has 0 unspecified atom stereocenters. The third-order valence-corrected chi connectivity index (χ3v) is 5.71. The number of aryl methyl sites for hydroxylation is 1. The van der Waals surface area contributed by atoms with Crippen LogP contribution in [-0.2, 0) is 6.42 Å². The second-order valence-corrected chi connectivity index (χ2v) is 7.76. The van der Waals surface area contributed by atoms with Gasteiger partial charge in [0, 0.05) is 0 Å². The first-order valence-corrected chi connectivity index (χ1v) is 10.6. The van der Waals surface area contributed by atoms with Crippen LogP contribution < -0.4 is 4.74 Å². The van der Waals surface area contributed by atoms with Crippen LogP contribution in [0.25, 0.3) is 11.1 Å². The SMILES string of the molecule is CCCCOc1ccc(-c2ccc(CCC3CCCCC3)cc2)cc1C#N. The highest BCUT2D eigenvalue weighted by atomic mass is 16.5. The van der Waals surface area contributed by atoms with Crippen molar-refractivity contribution < 1.29 is 4.74 Å². The van der Waals surface area contributed by atoms with Gasteiger partial charge in [-0.25, -0.2) is 0 Å². The molecule has 0 heterocycles. The summed E-state index contributed by atoms with van der Waals surface area (Å²) in [7, 11) is 0. The molecule has 0 atom stereocenters. The number of nitriles is 1. The summed E-state index contributed by atoms with van der Waals surface area (Å²) in [6.07, 6.45) is 11.7. The predicted molar refractivity (Wildman–Crippen MR) is 112 cm³/mol. The molecule has 142 valence electrons. The van der Waals surface area contributed by atoms with Crippen LogP contribution in [0.2, 0.25) is 0 Å². The average Bonchev–Trinajstić information content (AvgIpc) is 2.74. The minimum Gasteiger partial charge on any atom is -0.492 e. The molecule has 0 aliphatic heterocycles. The quantitative estimate of drug-likeness (QED) is 0.478. The second kappa shape index (κ2) is 10.2. The van der Waals surface area contributed by atoms with Crippen molar-refractivity contribution in [3.63, 3.8) is 0 Å². The summed E-state index contributed by atoms with van der Waals surface area (Å²) >= 11 is 0. The minimum absolute atomic E-state index is 0.616. The van der Waals surface area contributed by atoms with Crippen LogP contribution in [0.1, 0.15) is 69.4 Å². The molecule has 0 aromatic heterocycles. The fourth-order valence-corrected chi connectivity index (χ4v) is 3.96. The van der Waals surface area contributed by atoms with Gasteiger partial charge in [0.25, 0.3) is 0 Å². The predicted octanol–water partition coefficient (Wildman–Crippen LogP) is 6.92. The lowest BCUT2D eigenvalue weighted by atomic mass is 9.85. The van der Waals surface area contributed by atoms with Crippen molar-refractivity contribution in [2.24, 2.45) is 5.92 Å². The van der Waals surface area contributed by atoms with E-state index < -0.39 is 0 Å². The van der Waals surface area contributed by atoms with Crippen LogP contribution in [0, 0.1) is 17.2 Å². The van der Waals surface area contributed by atoms with Crippen molar-refractivity contribution in [3.05, 3.63) is 53.6 Å². The summed E-state index contributed by atoms with van der Waals surface area (Å²) in [5, 5.41) is 9.45. The number of benzene rings is 2. The summed E-state index contributed by atoms with van der Waals surface area (Å²) < 4.78 is 5.75. The molecule has 0 N–H and O–H groups in total. The minimum atomic E-state index is 0.616. The van der Waals surface area contributed by atoms with Gasteiger partial charge in [0.05, 0.1) is 12.2 Å². The molecule has 2 heteroatoms. The molecular weight excluding hydrogens is 330 g/mol. The highest BCUT2D eigenvalue weighted by Gasteiger charge is 2.13. The molecule has 27 heavy (non-hydrogen) atoms. The molecular formula is C25H31NO. The Labute approximate surface area is 164 Å². The molecule has 2 nitrogen and oxygen atoms in total. The van der Waals surface area contributed by atoms with Crippen molar-refractivity contribution in [2.45, 2.75) is 64.7 Å². The van der Waals surface area contributed by atoms with Gasteiger partial charge in [-0.15, -0.1) is 0 Å². The summed E-state index contributed by atoms with van der Waals surface area (Å²) in [4.78, 5) is 0. The molecule has 1 fully saturated rings. The smallest absolute Gasteiger partial charge is 0.137 e. The maximum Gasteiger partial charge on any atom is 0.137 e. The van der Waals surface area contributed by atoms with Gasteiger partial charge in [-0.2, -0.15) is 5.26 Å². The lowest BCUT2D eigenvalue weighted by Gasteiger charge is -2.21. The van der Waals surface area contributed by atoms with Crippen molar-refractivity contribution in [2.75, 3.05) is 6.61 Å². The Balaban J connectivity index is 1.63. The number of nitrogens with zero attached hydrogens (tertiary/aromatic N) is 1. The number of ether oxygens (including phenoxy) is 1. The highest BCUT2D eigenvalue weighted by molar-refractivity contribution is 5.67. The summed E-state index contributed by atoms with van der Waals surface area (Å²) in [6, 6.07) is 17.1. The molecule has 0 radical (unpaired) electrons. The topological polar surface area (TPSA) is 33.0 Å². The zero-order valence-electron chi connectivity index (χ0n) is 16.5. The molecule has 2 aromatic carbocycles. The molecule has 1 saturated carbocycles. The summed E-state index contributed by atoms with van der Waals surface area (Å²) in [5.41, 5.74) is 4.27. The van der Waals surface area contributed by atoms with Gasteiger partial charge in [0.1, 0.15) is 11.8 Å². The first-order chi connectivity index (χ1) is 13.3. The van der Waals surface area contributed by atoms with E-state index in [-0.39, 0.29) is 0 Å². The van der Waals surface area contributed by atoms with Gasteiger partial charge in [0.15, 0.2) is 0 Å². The van der Waals surface area contributed by atoms with E-state index in [1.54, 1.807) is 0 Å². The van der Waals surface area contributed by atoms with E-state index in [2.05, 4.69) is 43.3 Å². The maximum atomic E-state index is 9.45. The van der Waals surface area contributed by atoms with Crippen molar-refractivity contribution in [3.8, 4) is 22.9 Å². The van der Waals surface area contributed by atoms with Gasteiger partial charge in [0.2, 0.25) is 0 Å². The third-order valence-electron chi connectivity index (χ3n) is 5.71. The zero-order valence-corrected chi connectivity index (χ0v) is 16.5. The fourth-order valence-electron chi connectivity index (χ4n) is 3.96. The highest BCUT2D eigenvalue weighted by Crippen LogP contribution is 2.29. The molecule has 1 aliphatic carbocycles. The molecule has 1 aliphatic rings. The van der Waals surface area contributed by atoms with Gasteiger partial charge < -0.3 is 4.74 Å². The van der Waals surface area contributed by atoms with E-state index in [4.69, 9.17) is 4.74 Å². The Hall–Kier alpha value is -2.27. The fraction of sp³-hybridized carbons (Fsp3) is 0.480. The van der Waals surface area contributed by atoms with E-state index >= 15 is 0 Å². The van der Waals surface area contributed by atoms with Gasteiger partial charge in [-0.1, -0.05) is 75.8 Å². The third kappa shape index (κ3) is 5.60.